The Hall–Kier alpha value is -2.52. The maximum Gasteiger partial charge on any atom is 0.0850 e. The summed E-state index contributed by atoms with van der Waals surface area (Å²) in [6.07, 6.45) is 4.01. The number of fused-ring (bicyclic) bond motifs is 5. The molecule has 3 nitrogen and oxygen atoms in total. The molecule has 5 rings (SSSR count). The van der Waals surface area contributed by atoms with Gasteiger partial charge in [0.05, 0.1) is 17.6 Å². The summed E-state index contributed by atoms with van der Waals surface area (Å²) in [5, 5.41) is 9.53. The molecule has 1 aliphatic rings. The molecule has 0 unspecified atom stereocenters. The van der Waals surface area contributed by atoms with Gasteiger partial charge in [0.25, 0.3) is 0 Å². The zero-order chi connectivity index (χ0) is 16.1. The van der Waals surface area contributed by atoms with Gasteiger partial charge in [0.1, 0.15) is 0 Å². The second-order valence-electron chi connectivity index (χ2n) is 6.33. The molecule has 0 bridgehead atoms. The Kier molecular flexibility index (Phi) is 3.03. The van der Waals surface area contributed by atoms with E-state index >= 15 is 0 Å². The summed E-state index contributed by atoms with van der Waals surface area (Å²) in [6, 6.07) is 16.8. The summed E-state index contributed by atoms with van der Waals surface area (Å²) >= 11 is 6.28. The van der Waals surface area contributed by atoms with Crippen molar-refractivity contribution < 1.29 is 0 Å². The van der Waals surface area contributed by atoms with Crippen LogP contribution >= 0.6 is 11.6 Å². The van der Waals surface area contributed by atoms with Crippen LogP contribution < -0.4 is 0 Å². The topological polar surface area (TPSA) is 33.6 Å². The lowest BCUT2D eigenvalue weighted by molar-refractivity contribution is 0.820. The number of aromatic amines is 1. The third kappa shape index (κ3) is 2.01. The fourth-order valence-corrected chi connectivity index (χ4v) is 4.00. The minimum atomic E-state index is 0.789. The molecule has 0 atom stereocenters. The average molecular weight is 334 g/mol. The highest BCUT2D eigenvalue weighted by Crippen LogP contribution is 2.40. The third-order valence-corrected chi connectivity index (χ3v) is 5.15. The zero-order valence-corrected chi connectivity index (χ0v) is 13.8. The number of nitrogens with zero attached hydrogens (tertiary/aromatic N) is 2. The van der Waals surface area contributed by atoms with Gasteiger partial charge in [-0.15, -0.1) is 0 Å². The number of hydrogen-bond acceptors (Lipinski definition) is 1. The first-order valence-corrected chi connectivity index (χ1v) is 8.56. The van der Waals surface area contributed by atoms with Crippen molar-refractivity contribution in [1.82, 2.24) is 14.8 Å². The molecule has 0 amide bonds. The number of rotatable bonds is 2. The molecule has 0 aliphatic heterocycles. The van der Waals surface area contributed by atoms with Crippen molar-refractivity contribution in [3.05, 3.63) is 76.4 Å². The van der Waals surface area contributed by atoms with Crippen LogP contribution in [-0.2, 0) is 19.4 Å². The largest absolute Gasteiger partial charge is 0.334 e. The SMILES string of the molecule is Clc1ccc2c(c1)c1c(n2Cc2ccccc2)-c2[nH]ncc2CC1. The number of aryl methyl sites for hydroxylation is 2. The van der Waals surface area contributed by atoms with Gasteiger partial charge in [0, 0.05) is 22.5 Å². The van der Waals surface area contributed by atoms with Crippen LogP contribution in [0.4, 0.5) is 0 Å². The van der Waals surface area contributed by atoms with Crippen molar-refractivity contribution in [3.63, 3.8) is 0 Å². The molecule has 118 valence electrons. The molecule has 24 heavy (non-hydrogen) atoms. The van der Waals surface area contributed by atoms with Crippen LogP contribution in [0.15, 0.2) is 54.7 Å². The summed E-state index contributed by atoms with van der Waals surface area (Å²) in [6.45, 7) is 0.840. The Morgan fingerprint density at radius 1 is 1.08 bits per heavy atom. The van der Waals surface area contributed by atoms with Crippen molar-refractivity contribution >= 4 is 22.5 Å². The molecule has 4 aromatic rings. The van der Waals surface area contributed by atoms with Crippen molar-refractivity contribution in [1.29, 1.82) is 0 Å². The van der Waals surface area contributed by atoms with Gasteiger partial charge in [-0.2, -0.15) is 5.10 Å². The van der Waals surface area contributed by atoms with Crippen molar-refractivity contribution in [2.24, 2.45) is 0 Å². The van der Waals surface area contributed by atoms with Crippen LogP contribution in [0.25, 0.3) is 22.3 Å². The van der Waals surface area contributed by atoms with Gasteiger partial charge in [-0.1, -0.05) is 41.9 Å². The summed E-state index contributed by atoms with van der Waals surface area (Å²) in [7, 11) is 0. The van der Waals surface area contributed by atoms with E-state index in [1.54, 1.807) is 0 Å². The smallest absolute Gasteiger partial charge is 0.0850 e. The van der Waals surface area contributed by atoms with Gasteiger partial charge in [0.2, 0.25) is 0 Å². The third-order valence-electron chi connectivity index (χ3n) is 4.91. The van der Waals surface area contributed by atoms with E-state index in [0.29, 0.717) is 0 Å². The molecule has 0 saturated carbocycles. The van der Waals surface area contributed by atoms with Crippen LogP contribution in [0.3, 0.4) is 0 Å². The first-order chi connectivity index (χ1) is 11.8. The lowest BCUT2D eigenvalue weighted by Gasteiger charge is -2.16. The van der Waals surface area contributed by atoms with Gasteiger partial charge in [-0.3, -0.25) is 5.10 Å². The fourth-order valence-electron chi connectivity index (χ4n) is 3.83. The highest BCUT2D eigenvalue weighted by atomic mass is 35.5. The van der Waals surface area contributed by atoms with Gasteiger partial charge in [0.15, 0.2) is 0 Å². The zero-order valence-electron chi connectivity index (χ0n) is 13.1. The molecule has 4 heteroatoms. The molecule has 2 heterocycles. The molecule has 0 spiro atoms. The predicted octanol–water partition coefficient (Wildman–Crippen LogP) is 4.83. The summed E-state index contributed by atoms with van der Waals surface area (Å²) in [4.78, 5) is 0. The Morgan fingerprint density at radius 2 is 1.96 bits per heavy atom. The lowest BCUT2D eigenvalue weighted by atomic mass is 9.94. The van der Waals surface area contributed by atoms with E-state index in [4.69, 9.17) is 11.6 Å². The highest BCUT2D eigenvalue weighted by Gasteiger charge is 2.25. The van der Waals surface area contributed by atoms with Gasteiger partial charge in [-0.05, 0) is 47.7 Å². The molecule has 2 aromatic heterocycles. The number of hydrogen-bond donors (Lipinski definition) is 1. The van der Waals surface area contributed by atoms with E-state index in [1.165, 1.54) is 33.3 Å². The van der Waals surface area contributed by atoms with Crippen LogP contribution in [0.1, 0.15) is 16.7 Å². The number of benzene rings is 2. The summed E-state index contributed by atoms with van der Waals surface area (Å²) < 4.78 is 2.40. The van der Waals surface area contributed by atoms with E-state index < -0.39 is 0 Å². The minimum absolute atomic E-state index is 0.789. The van der Waals surface area contributed by atoms with E-state index in [2.05, 4.69) is 57.2 Å². The highest BCUT2D eigenvalue weighted by molar-refractivity contribution is 6.31. The number of H-pyrrole nitrogens is 1. The molecule has 2 aromatic carbocycles. The first kappa shape index (κ1) is 13.9. The molecule has 0 radical (unpaired) electrons. The van der Waals surface area contributed by atoms with Crippen molar-refractivity contribution in [2.75, 3.05) is 0 Å². The molecular formula is C20H16ClN3. The van der Waals surface area contributed by atoms with E-state index in [0.717, 1.165) is 30.1 Å². The summed E-state index contributed by atoms with van der Waals surface area (Å²) in [5.41, 5.74) is 7.61. The number of aromatic nitrogens is 3. The lowest BCUT2D eigenvalue weighted by Crippen LogP contribution is -2.07. The quantitative estimate of drug-likeness (QED) is 0.560. The van der Waals surface area contributed by atoms with Crippen LogP contribution in [0, 0.1) is 0 Å². The Morgan fingerprint density at radius 3 is 2.83 bits per heavy atom. The molecular weight excluding hydrogens is 318 g/mol. The molecule has 0 fully saturated rings. The van der Waals surface area contributed by atoms with Crippen molar-refractivity contribution in [2.45, 2.75) is 19.4 Å². The van der Waals surface area contributed by atoms with Gasteiger partial charge < -0.3 is 4.57 Å². The standard InChI is InChI=1S/C20H16ClN3/c21-15-7-9-18-17(10-15)16-8-6-14-11-22-23-19(14)20(16)24(18)12-13-4-2-1-3-5-13/h1-5,7,9-11H,6,8,12H2,(H,22,23). The Labute approximate surface area is 144 Å². The van der Waals surface area contributed by atoms with Gasteiger partial charge >= 0.3 is 0 Å². The first-order valence-electron chi connectivity index (χ1n) is 8.18. The maximum absolute atomic E-state index is 6.28. The second-order valence-corrected chi connectivity index (χ2v) is 6.77. The fraction of sp³-hybridized carbons (Fsp3) is 0.150. The predicted molar refractivity (Wildman–Crippen MR) is 97.5 cm³/mol. The van der Waals surface area contributed by atoms with E-state index in [1.807, 2.05) is 12.3 Å². The molecule has 1 N–H and O–H groups in total. The van der Waals surface area contributed by atoms with Gasteiger partial charge in [-0.25, -0.2) is 0 Å². The Balaban J connectivity index is 1.81. The van der Waals surface area contributed by atoms with Crippen LogP contribution in [0.5, 0.6) is 0 Å². The van der Waals surface area contributed by atoms with E-state index in [9.17, 15) is 0 Å². The second kappa shape index (κ2) is 5.25. The monoisotopic (exact) mass is 333 g/mol. The van der Waals surface area contributed by atoms with E-state index in [-0.39, 0.29) is 0 Å². The van der Waals surface area contributed by atoms with Crippen LogP contribution in [0.2, 0.25) is 5.02 Å². The van der Waals surface area contributed by atoms with Crippen LogP contribution in [-0.4, -0.2) is 14.8 Å². The maximum atomic E-state index is 6.28. The average Bonchev–Trinajstić information content (AvgIpc) is 3.19. The normalized spacial score (nSPS) is 13.0. The minimum Gasteiger partial charge on any atom is -0.334 e. The molecule has 0 saturated heterocycles. The number of halogens is 1. The Bertz CT molecular complexity index is 1040. The van der Waals surface area contributed by atoms with Crippen molar-refractivity contribution in [3.8, 4) is 11.4 Å². The summed E-state index contributed by atoms with van der Waals surface area (Å²) in [5.74, 6) is 0. The molecule has 1 aliphatic carbocycles. The number of nitrogens with one attached hydrogen (secondary N) is 1.